The number of nitrogens with one attached hydrogen (secondary N) is 1. The third-order valence-corrected chi connectivity index (χ3v) is 3.15. The van der Waals surface area contributed by atoms with E-state index in [4.69, 9.17) is 5.73 Å². The number of nitrogens with two attached hydrogens (primary N) is 1. The lowest BCUT2D eigenvalue weighted by molar-refractivity contribution is 0.487. The van der Waals surface area contributed by atoms with Crippen LogP contribution in [0.5, 0.6) is 0 Å². The van der Waals surface area contributed by atoms with Crippen molar-refractivity contribution in [3.05, 3.63) is 0 Å². The van der Waals surface area contributed by atoms with Crippen LogP contribution < -0.4 is 11.1 Å². The van der Waals surface area contributed by atoms with E-state index < -0.39 is 0 Å². The maximum Gasteiger partial charge on any atom is 0.00111 e. The van der Waals surface area contributed by atoms with Gasteiger partial charge in [0.1, 0.15) is 0 Å². The Morgan fingerprint density at radius 1 is 1.60 bits per heavy atom. The minimum atomic E-state index is 0.722. The van der Waals surface area contributed by atoms with E-state index >= 15 is 0 Å². The van der Waals surface area contributed by atoms with Crippen molar-refractivity contribution < 1.29 is 0 Å². The third-order valence-electron chi connectivity index (χ3n) is 3.15. The largest absolute Gasteiger partial charge is 0.330 e. The molecule has 1 aliphatic carbocycles. The average Bonchev–Trinajstić information content (AvgIpc) is 2.43. The molecule has 2 nitrogen and oxygen atoms in total. The Hall–Kier alpha value is -0.0800. The molecule has 1 aliphatic heterocycles. The second-order valence-corrected chi connectivity index (χ2v) is 3.77. The van der Waals surface area contributed by atoms with Gasteiger partial charge in [0, 0.05) is 6.54 Å². The first kappa shape index (κ1) is 6.62. The maximum absolute atomic E-state index is 5.50. The number of rotatable bonds is 2. The molecule has 2 heteroatoms. The molecule has 0 amide bonds. The summed E-state index contributed by atoms with van der Waals surface area (Å²) >= 11 is 0. The first-order chi connectivity index (χ1) is 4.87. The lowest BCUT2D eigenvalue weighted by Gasteiger charge is -2.04. The lowest BCUT2D eigenvalue weighted by atomic mass is 10.0. The minimum absolute atomic E-state index is 0.722. The van der Waals surface area contributed by atoms with Crippen molar-refractivity contribution >= 4 is 0 Å². The standard InChI is InChI=1S/C8H16N2/c9-3-1-7-5-8(7)2-4-10-6-8/h7,10H,1-6,9H2. The SMILES string of the molecule is NCCC1CC12CCNC2. The first-order valence-corrected chi connectivity index (χ1v) is 4.28. The summed E-state index contributed by atoms with van der Waals surface area (Å²) in [5.74, 6) is 0.965. The Morgan fingerprint density at radius 2 is 2.50 bits per heavy atom. The molecule has 0 bridgehead atoms. The fourth-order valence-electron chi connectivity index (χ4n) is 2.33. The number of hydrogen-bond donors (Lipinski definition) is 2. The van der Waals surface area contributed by atoms with Crippen LogP contribution in [0.3, 0.4) is 0 Å². The molecule has 58 valence electrons. The van der Waals surface area contributed by atoms with Crippen molar-refractivity contribution in [2.24, 2.45) is 17.1 Å². The second-order valence-electron chi connectivity index (χ2n) is 3.77. The van der Waals surface area contributed by atoms with Gasteiger partial charge in [0.15, 0.2) is 0 Å². The Kier molecular flexibility index (Phi) is 1.46. The summed E-state index contributed by atoms with van der Waals surface area (Å²) in [6, 6.07) is 0. The van der Waals surface area contributed by atoms with Crippen molar-refractivity contribution in [1.29, 1.82) is 0 Å². The van der Waals surface area contributed by atoms with Gasteiger partial charge in [0.05, 0.1) is 0 Å². The van der Waals surface area contributed by atoms with Gasteiger partial charge in [0.25, 0.3) is 0 Å². The van der Waals surface area contributed by atoms with E-state index in [9.17, 15) is 0 Å². The van der Waals surface area contributed by atoms with Crippen molar-refractivity contribution in [3.63, 3.8) is 0 Å². The van der Waals surface area contributed by atoms with Crippen molar-refractivity contribution in [2.45, 2.75) is 19.3 Å². The lowest BCUT2D eigenvalue weighted by Crippen LogP contribution is -2.12. The molecule has 1 heterocycles. The normalized spacial score (nSPS) is 44.7. The summed E-state index contributed by atoms with van der Waals surface area (Å²) in [7, 11) is 0. The van der Waals surface area contributed by atoms with E-state index in [2.05, 4.69) is 5.32 Å². The highest BCUT2D eigenvalue weighted by Gasteiger charge is 2.54. The van der Waals surface area contributed by atoms with Gasteiger partial charge < -0.3 is 11.1 Å². The van der Waals surface area contributed by atoms with Gasteiger partial charge in [-0.25, -0.2) is 0 Å². The molecule has 2 rings (SSSR count). The molecule has 10 heavy (non-hydrogen) atoms. The molecule has 1 saturated carbocycles. The van der Waals surface area contributed by atoms with Crippen LogP contribution in [0.1, 0.15) is 19.3 Å². The van der Waals surface area contributed by atoms with E-state index in [0.29, 0.717) is 0 Å². The molecule has 0 radical (unpaired) electrons. The Labute approximate surface area is 62.2 Å². The molecule has 0 aromatic heterocycles. The van der Waals surface area contributed by atoms with E-state index in [1.807, 2.05) is 0 Å². The van der Waals surface area contributed by atoms with Crippen molar-refractivity contribution in [1.82, 2.24) is 5.32 Å². The Morgan fingerprint density at radius 3 is 3.10 bits per heavy atom. The minimum Gasteiger partial charge on any atom is -0.330 e. The van der Waals surface area contributed by atoms with Gasteiger partial charge >= 0.3 is 0 Å². The van der Waals surface area contributed by atoms with Crippen LogP contribution in [0.4, 0.5) is 0 Å². The molecule has 2 atom stereocenters. The fourth-order valence-corrected chi connectivity index (χ4v) is 2.33. The topological polar surface area (TPSA) is 38.0 Å². The van der Waals surface area contributed by atoms with Gasteiger partial charge in [-0.3, -0.25) is 0 Å². The van der Waals surface area contributed by atoms with Gasteiger partial charge in [-0.2, -0.15) is 0 Å². The van der Waals surface area contributed by atoms with Gasteiger partial charge in [-0.1, -0.05) is 0 Å². The zero-order chi connectivity index (χ0) is 7.03. The third kappa shape index (κ3) is 0.867. The van der Waals surface area contributed by atoms with Crippen LogP contribution in [0, 0.1) is 11.3 Å². The monoisotopic (exact) mass is 140 g/mol. The predicted octanol–water partition coefficient (Wildman–Crippen LogP) is 0.335. The maximum atomic E-state index is 5.50. The quantitative estimate of drug-likeness (QED) is 0.580. The van der Waals surface area contributed by atoms with Crippen LogP contribution in [0.25, 0.3) is 0 Å². The molecule has 1 spiro atoms. The Bertz CT molecular complexity index is 127. The summed E-state index contributed by atoms with van der Waals surface area (Å²) in [5, 5.41) is 3.42. The Balaban J connectivity index is 1.86. The van der Waals surface area contributed by atoms with Gasteiger partial charge in [-0.05, 0) is 43.7 Å². The molecular formula is C8H16N2. The van der Waals surface area contributed by atoms with Crippen LogP contribution in [-0.4, -0.2) is 19.6 Å². The van der Waals surface area contributed by atoms with Crippen LogP contribution in [-0.2, 0) is 0 Å². The molecule has 0 aromatic carbocycles. The van der Waals surface area contributed by atoms with Crippen LogP contribution in [0.15, 0.2) is 0 Å². The fraction of sp³-hybridized carbons (Fsp3) is 1.00. The average molecular weight is 140 g/mol. The smallest absolute Gasteiger partial charge is 0.00111 e. The van der Waals surface area contributed by atoms with E-state index in [1.165, 1.54) is 32.4 Å². The highest BCUT2D eigenvalue weighted by molar-refractivity contribution is 5.06. The summed E-state index contributed by atoms with van der Waals surface area (Å²) in [6.45, 7) is 3.38. The van der Waals surface area contributed by atoms with Gasteiger partial charge in [-0.15, -0.1) is 0 Å². The molecule has 3 N–H and O–H groups in total. The van der Waals surface area contributed by atoms with Crippen LogP contribution in [0.2, 0.25) is 0 Å². The van der Waals surface area contributed by atoms with E-state index in [0.717, 1.165) is 17.9 Å². The highest BCUT2D eigenvalue weighted by Crippen LogP contribution is 2.57. The molecular weight excluding hydrogens is 124 g/mol. The van der Waals surface area contributed by atoms with Crippen molar-refractivity contribution in [2.75, 3.05) is 19.6 Å². The zero-order valence-corrected chi connectivity index (χ0v) is 6.40. The summed E-state index contributed by atoms with van der Waals surface area (Å²) < 4.78 is 0. The zero-order valence-electron chi connectivity index (χ0n) is 6.40. The predicted molar refractivity (Wildman–Crippen MR) is 41.7 cm³/mol. The number of hydrogen-bond acceptors (Lipinski definition) is 2. The highest BCUT2D eigenvalue weighted by atomic mass is 14.9. The molecule has 2 aliphatic rings. The molecule has 2 unspecified atom stereocenters. The van der Waals surface area contributed by atoms with E-state index in [1.54, 1.807) is 0 Å². The van der Waals surface area contributed by atoms with Crippen molar-refractivity contribution in [3.8, 4) is 0 Å². The van der Waals surface area contributed by atoms with E-state index in [-0.39, 0.29) is 0 Å². The van der Waals surface area contributed by atoms with Crippen LogP contribution >= 0.6 is 0 Å². The summed E-state index contributed by atoms with van der Waals surface area (Å²) in [5.41, 5.74) is 6.22. The molecule has 0 aromatic rings. The second kappa shape index (κ2) is 2.21. The summed E-state index contributed by atoms with van der Waals surface area (Å²) in [4.78, 5) is 0. The molecule has 1 saturated heterocycles. The van der Waals surface area contributed by atoms with Gasteiger partial charge in [0.2, 0.25) is 0 Å². The molecule has 2 fully saturated rings. The first-order valence-electron chi connectivity index (χ1n) is 4.28. The summed E-state index contributed by atoms with van der Waals surface area (Å²) in [6.07, 6.45) is 4.09.